The number of hydrogen-bond donors (Lipinski definition) is 2. The van der Waals surface area contributed by atoms with Gasteiger partial charge < -0.3 is 20.3 Å². The molecule has 4 heteroatoms. The maximum absolute atomic E-state index is 8.82. The molecule has 1 saturated carbocycles. The molecule has 16 heavy (non-hydrogen) atoms. The second kappa shape index (κ2) is 10.0. The molecular weight excluding hydrogens is 206 g/mol. The molecule has 1 aliphatic carbocycles. The van der Waals surface area contributed by atoms with E-state index in [0.29, 0.717) is 0 Å². The van der Waals surface area contributed by atoms with Crippen LogP contribution in [0.3, 0.4) is 0 Å². The van der Waals surface area contributed by atoms with Crippen LogP contribution in [0.4, 0.5) is 0 Å². The van der Waals surface area contributed by atoms with E-state index in [4.69, 9.17) is 20.3 Å². The van der Waals surface area contributed by atoms with E-state index in [1.807, 2.05) is 27.7 Å². The van der Waals surface area contributed by atoms with Crippen LogP contribution in [0.2, 0.25) is 0 Å². The molecule has 0 aromatic heterocycles. The Labute approximate surface area is 100 Å². The van der Waals surface area contributed by atoms with Crippen molar-refractivity contribution in [1.29, 1.82) is 0 Å². The van der Waals surface area contributed by atoms with E-state index < -0.39 is 5.79 Å². The van der Waals surface area contributed by atoms with Crippen LogP contribution in [-0.4, -0.2) is 37.3 Å². The molecule has 0 aromatic carbocycles. The molecule has 0 aliphatic heterocycles. The van der Waals surface area contributed by atoms with E-state index in [1.54, 1.807) is 14.2 Å². The topological polar surface area (TPSA) is 64.7 Å². The molecule has 0 spiro atoms. The average molecular weight is 235 g/mol. The van der Waals surface area contributed by atoms with Gasteiger partial charge in [0.25, 0.3) is 0 Å². The lowest BCUT2D eigenvalue weighted by atomic mass is 10.3. The number of nitrogens with two attached hydrogens (primary N) is 1. The maximum Gasteiger partial charge on any atom is 0.161 e. The van der Waals surface area contributed by atoms with Gasteiger partial charge in [0.2, 0.25) is 0 Å². The molecule has 3 N–H and O–H groups in total. The molecule has 0 unspecified atom stereocenters. The number of aliphatic hydroxyl groups excluding tert-OH is 1. The highest BCUT2D eigenvalue weighted by atomic mass is 16.7. The summed E-state index contributed by atoms with van der Waals surface area (Å²) in [5.74, 6) is -0.417. The minimum atomic E-state index is -0.417. The van der Waals surface area contributed by atoms with Crippen molar-refractivity contribution in [3.63, 3.8) is 0 Å². The van der Waals surface area contributed by atoms with Gasteiger partial charge in [-0.2, -0.15) is 0 Å². The van der Waals surface area contributed by atoms with E-state index >= 15 is 0 Å². The monoisotopic (exact) mass is 235 g/mol. The van der Waals surface area contributed by atoms with Crippen molar-refractivity contribution in [1.82, 2.24) is 0 Å². The van der Waals surface area contributed by atoms with E-state index in [2.05, 4.69) is 0 Å². The third-order valence-corrected chi connectivity index (χ3v) is 2.43. The Kier molecular flexibility index (Phi) is 11.4. The fraction of sp³-hybridized carbons (Fsp3) is 1.00. The Morgan fingerprint density at radius 2 is 1.56 bits per heavy atom. The van der Waals surface area contributed by atoms with Crippen LogP contribution < -0.4 is 5.73 Å². The molecule has 0 radical (unpaired) electrons. The second-order valence-electron chi connectivity index (χ2n) is 4.04. The molecule has 0 amide bonds. The third kappa shape index (κ3) is 10.4. The van der Waals surface area contributed by atoms with Crippen molar-refractivity contribution in [3.8, 4) is 0 Å². The molecule has 0 aromatic rings. The number of ether oxygens (including phenoxy) is 2. The quantitative estimate of drug-likeness (QED) is 0.717. The molecule has 1 aliphatic rings. The predicted octanol–water partition coefficient (Wildman–Crippen LogP) is 1.90. The lowest BCUT2D eigenvalue weighted by Gasteiger charge is -2.19. The summed E-state index contributed by atoms with van der Waals surface area (Å²) in [7, 11) is 3.23. The van der Waals surface area contributed by atoms with E-state index in [0.717, 1.165) is 19.3 Å². The Bertz CT molecular complexity index is 137. The van der Waals surface area contributed by atoms with Crippen LogP contribution >= 0.6 is 0 Å². The first-order valence-electron chi connectivity index (χ1n) is 5.95. The van der Waals surface area contributed by atoms with Crippen molar-refractivity contribution < 1.29 is 14.6 Å². The summed E-state index contributed by atoms with van der Waals surface area (Å²) in [5.41, 5.74) is 5.47. The minimum absolute atomic E-state index is 0.102. The zero-order chi connectivity index (χ0) is 13.2. The highest BCUT2D eigenvalue weighted by Crippen LogP contribution is 2.15. The van der Waals surface area contributed by atoms with Gasteiger partial charge in [0.05, 0.1) is 6.10 Å². The second-order valence-corrected chi connectivity index (χ2v) is 4.04. The lowest BCUT2D eigenvalue weighted by Crippen LogP contribution is -2.24. The summed E-state index contributed by atoms with van der Waals surface area (Å²) in [6.07, 6.45) is 2.61. The van der Waals surface area contributed by atoms with Crippen LogP contribution in [0.15, 0.2) is 0 Å². The normalized spacial score (nSPS) is 24.0. The Morgan fingerprint density at radius 3 is 1.62 bits per heavy atom. The summed E-state index contributed by atoms with van der Waals surface area (Å²) < 4.78 is 9.73. The summed E-state index contributed by atoms with van der Waals surface area (Å²) >= 11 is 0. The zero-order valence-corrected chi connectivity index (χ0v) is 11.6. The van der Waals surface area contributed by atoms with Gasteiger partial charge in [-0.3, -0.25) is 0 Å². The Morgan fingerprint density at radius 1 is 1.12 bits per heavy atom. The Balaban J connectivity index is 0. The van der Waals surface area contributed by atoms with Gasteiger partial charge >= 0.3 is 0 Å². The van der Waals surface area contributed by atoms with Gasteiger partial charge in [0.1, 0.15) is 0 Å². The summed E-state index contributed by atoms with van der Waals surface area (Å²) in [4.78, 5) is 0. The summed E-state index contributed by atoms with van der Waals surface area (Å²) in [6.45, 7) is 7.71. The van der Waals surface area contributed by atoms with Crippen molar-refractivity contribution in [2.45, 2.75) is 64.9 Å². The van der Waals surface area contributed by atoms with Crippen LogP contribution in [0, 0.1) is 0 Å². The van der Waals surface area contributed by atoms with Gasteiger partial charge in [-0.15, -0.1) is 0 Å². The zero-order valence-electron chi connectivity index (χ0n) is 11.6. The van der Waals surface area contributed by atoms with Crippen LogP contribution in [-0.2, 0) is 9.47 Å². The average Bonchev–Trinajstić information content (AvgIpc) is 2.66. The molecule has 2 atom stereocenters. The Hall–Kier alpha value is -0.160. The largest absolute Gasteiger partial charge is 0.393 e. The molecule has 0 saturated heterocycles. The first kappa shape index (κ1) is 18.2. The van der Waals surface area contributed by atoms with Crippen LogP contribution in [0.5, 0.6) is 0 Å². The molecule has 4 nitrogen and oxygen atoms in total. The first-order chi connectivity index (χ1) is 7.41. The van der Waals surface area contributed by atoms with Crippen molar-refractivity contribution in [2.75, 3.05) is 14.2 Å². The highest BCUT2D eigenvalue weighted by Gasteiger charge is 2.18. The summed E-state index contributed by atoms with van der Waals surface area (Å²) in [5, 5.41) is 8.82. The van der Waals surface area contributed by atoms with E-state index in [-0.39, 0.29) is 12.1 Å². The molecule has 1 fully saturated rings. The van der Waals surface area contributed by atoms with Crippen molar-refractivity contribution >= 4 is 0 Å². The van der Waals surface area contributed by atoms with Crippen molar-refractivity contribution in [3.05, 3.63) is 0 Å². The van der Waals surface area contributed by atoms with Crippen molar-refractivity contribution in [2.24, 2.45) is 5.73 Å². The first-order valence-corrected chi connectivity index (χ1v) is 5.95. The van der Waals surface area contributed by atoms with Gasteiger partial charge in [-0.05, 0) is 33.1 Å². The van der Waals surface area contributed by atoms with Gasteiger partial charge in [-0.1, -0.05) is 13.8 Å². The molecule has 0 bridgehead atoms. The highest BCUT2D eigenvalue weighted by molar-refractivity contribution is 4.76. The SMILES string of the molecule is CC.COC(C)(C)OC.N[C@H]1CC[C@@H](O)C1. The maximum atomic E-state index is 8.82. The molecular formula is C12H29NO3. The lowest BCUT2D eigenvalue weighted by molar-refractivity contribution is -0.178. The predicted molar refractivity (Wildman–Crippen MR) is 67.3 cm³/mol. The minimum Gasteiger partial charge on any atom is -0.393 e. The number of hydrogen-bond acceptors (Lipinski definition) is 4. The number of aliphatic hydroxyl groups is 1. The molecule has 1 rings (SSSR count). The fourth-order valence-electron chi connectivity index (χ4n) is 1.07. The fourth-order valence-corrected chi connectivity index (χ4v) is 1.07. The van der Waals surface area contributed by atoms with E-state index in [9.17, 15) is 0 Å². The van der Waals surface area contributed by atoms with Gasteiger partial charge in [-0.25, -0.2) is 0 Å². The third-order valence-electron chi connectivity index (χ3n) is 2.43. The molecule has 100 valence electrons. The van der Waals surface area contributed by atoms with Crippen LogP contribution in [0.25, 0.3) is 0 Å². The summed E-state index contributed by atoms with van der Waals surface area (Å²) in [6, 6.07) is 0.273. The van der Waals surface area contributed by atoms with Crippen LogP contribution in [0.1, 0.15) is 47.0 Å². The van der Waals surface area contributed by atoms with E-state index in [1.165, 1.54) is 0 Å². The van der Waals surface area contributed by atoms with Gasteiger partial charge in [0, 0.05) is 20.3 Å². The van der Waals surface area contributed by atoms with Gasteiger partial charge in [0.15, 0.2) is 5.79 Å². The number of methoxy groups -OCH3 is 2. The number of rotatable bonds is 2. The molecule has 0 heterocycles. The standard InChI is InChI=1S/C5H11NO.C5H12O2.C2H6/c6-4-1-2-5(7)3-4;1-5(2,6-3)7-4;1-2/h4-5,7H,1-3,6H2;1-4H3;1-2H3/t4-,5+;;/m0../s1. The smallest absolute Gasteiger partial charge is 0.161 e.